The number of aryl methyl sites for hydroxylation is 1. The number of carbonyl (C=O) groups excluding carboxylic acids is 2. The van der Waals surface area contributed by atoms with Crippen LogP contribution in [0, 0.1) is 6.92 Å². The maximum Gasteiger partial charge on any atom is 0.245 e. The SMILES string of the molecule is CCCCCC(=O)N(CC)CC(=O)Nc1cc(C(C)(C)C)nn1-c1ccc(C)cc1. The van der Waals surface area contributed by atoms with Crippen molar-refractivity contribution in [3.8, 4) is 5.69 Å². The summed E-state index contributed by atoms with van der Waals surface area (Å²) >= 11 is 0. The average Bonchev–Trinajstić information content (AvgIpc) is 3.11. The lowest BCUT2D eigenvalue weighted by Gasteiger charge is -2.20. The summed E-state index contributed by atoms with van der Waals surface area (Å²) in [4.78, 5) is 26.8. The summed E-state index contributed by atoms with van der Waals surface area (Å²) in [6, 6.07) is 9.93. The molecule has 0 radical (unpaired) electrons. The molecule has 0 spiro atoms. The van der Waals surface area contributed by atoms with Gasteiger partial charge >= 0.3 is 0 Å². The molecule has 6 heteroatoms. The zero-order chi connectivity index (χ0) is 22.3. The number of unbranched alkanes of at least 4 members (excludes halogenated alkanes) is 2. The molecule has 2 rings (SSSR count). The van der Waals surface area contributed by atoms with Gasteiger partial charge in [0.25, 0.3) is 0 Å². The van der Waals surface area contributed by atoms with E-state index >= 15 is 0 Å². The number of amides is 2. The molecule has 1 heterocycles. The van der Waals surface area contributed by atoms with Crippen molar-refractivity contribution in [3.05, 3.63) is 41.6 Å². The van der Waals surface area contributed by atoms with Crippen molar-refractivity contribution in [3.63, 3.8) is 0 Å². The molecule has 0 bridgehead atoms. The van der Waals surface area contributed by atoms with Crippen molar-refractivity contribution < 1.29 is 9.59 Å². The molecule has 0 saturated carbocycles. The van der Waals surface area contributed by atoms with Crippen molar-refractivity contribution in [2.75, 3.05) is 18.4 Å². The van der Waals surface area contributed by atoms with E-state index in [2.05, 4.69) is 33.0 Å². The van der Waals surface area contributed by atoms with Crippen molar-refractivity contribution in [1.82, 2.24) is 14.7 Å². The summed E-state index contributed by atoms with van der Waals surface area (Å²) in [6.45, 7) is 12.9. The zero-order valence-electron chi connectivity index (χ0n) is 19.3. The molecule has 2 amide bonds. The van der Waals surface area contributed by atoms with Gasteiger partial charge in [0, 0.05) is 24.4 Å². The lowest BCUT2D eigenvalue weighted by molar-refractivity contribution is -0.134. The van der Waals surface area contributed by atoms with Crippen LogP contribution < -0.4 is 5.32 Å². The predicted molar refractivity (Wildman–Crippen MR) is 122 cm³/mol. The van der Waals surface area contributed by atoms with Gasteiger partial charge in [0.2, 0.25) is 11.8 Å². The molecule has 0 aliphatic heterocycles. The van der Waals surface area contributed by atoms with Crippen LogP contribution in [0.4, 0.5) is 5.82 Å². The van der Waals surface area contributed by atoms with Crippen molar-refractivity contribution >= 4 is 17.6 Å². The highest BCUT2D eigenvalue weighted by molar-refractivity contribution is 5.94. The van der Waals surface area contributed by atoms with Gasteiger partial charge in [-0.2, -0.15) is 5.10 Å². The van der Waals surface area contributed by atoms with Crippen molar-refractivity contribution in [2.45, 2.75) is 72.6 Å². The molecule has 0 aliphatic carbocycles. The minimum atomic E-state index is -0.214. The first-order chi connectivity index (χ1) is 14.2. The van der Waals surface area contributed by atoms with Crippen molar-refractivity contribution in [1.29, 1.82) is 0 Å². The Bertz CT molecular complexity index is 847. The van der Waals surface area contributed by atoms with E-state index in [1.807, 2.05) is 44.2 Å². The number of anilines is 1. The first kappa shape index (κ1) is 23.6. The molecule has 0 saturated heterocycles. The second kappa shape index (κ2) is 10.4. The van der Waals surface area contributed by atoms with Gasteiger partial charge in [0.1, 0.15) is 5.82 Å². The van der Waals surface area contributed by atoms with Crippen LogP contribution in [-0.4, -0.2) is 39.6 Å². The van der Waals surface area contributed by atoms with Gasteiger partial charge in [-0.1, -0.05) is 58.2 Å². The van der Waals surface area contributed by atoms with E-state index < -0.39 is 0 Å². The fraction of sp³-hybridized carbons (Fsp3) is 0.542. The monoisotopic (exact) mass is 412 g/mol. The van der Waals surface area contributed by atoms with Gasteiger partial charge in [-0.15, -0.1) is 0 Å². The highest BCUT2D eigenvalue weighted by Crippen LogP contribution is 2.26. The molecule has 164 valence electrons. The molecule has 0 aliphatic rings. The van der Waals surface area contributed by atoms with E-state index in [4.69, 9.17) is 5.10 Å². The summed E-state index contributed by atoms with van der Waals surface area (Å²) in [5.74, 6) is 0.432. The van der Waals surface area contributed by atoms with E-state index in [1.54, 1.807) is 9.58 Å². The molecule has 2 aromatic rings. The van der Waals surface area contributed by atoms with Crippen LogP contribution >= 0.6 is 0 Å². The second-order valence-corrected chi connectivity index (χ2v) is 8.83. The Balaban J connectivity index is 2.19. The average molecular weight is 413 g/mol. The Morgan fingerprint density at radius 3 is 2.33 bits per heavy atom. The molecule has 1 N–H and O–H groups in total. The number of rotatable bonds is 9. The number of hydrogen-bond acceptors (Lipinski definition) is 3. The van der Waals surface area contributed by atoms with Crippen LogP contribution in [-0.2, 0) is 15.0 Å². The maximum atomic E-state index is 12.8. The van der Waals surface area contributed by atoms with E-state index in [9.17, 15) is 9.59 Å². The highest BCUT2D eigenvalue weighted by atomic mass is 16.2. The molecular weight excluding hydrogens is 376 g/mol. The first-order valence-electron chi connectivity index (χ1n) is 10.9. The smallest absolute Gasteiger partial charge is 0.245 e. The Morgan fingerprint density at radius 2 is 1.77 bits per heavy atom. The summed E-state index contributed by atoms with van der Waals surface area (Å²) in [5, 5.41) is 7.71. The molecule has 6 nitrogen and oxygen atoms in total. The standard InChI is InChI=1S/C24H36N4O2/c1-7-9-10-11-23(30)27(8-2)17-22(29)25-21-16-20(24(4,5)6)26-28(21)19-14-12-18(3)13-15-19/h12-16H,7-11,17H2,1-6H3,(H,25,29). The number of hydrogen-bond donors (Lipinski definition) is 1. The van der Waals surface area contributed by atoms with Gasteiger partial charge in [-0.3, -0.25) is 9.59 Å². The second-order valence-electron chi connectivity index (χ2n) is 8.83. The van der Waals surface area contributed by atoms with Gasteiger partial charge < -0.3 is 10.2 Å². The van der Waals surface area contributed by atoms with Crippen LogP contribution in [0.3, 0.4) is 0 Å². The van der Waals surface area contributed by atoms with Crippen LogP contribution in [0.15, 0.2) is 30.3 Å². The summed E-state index contributed by atoms with van der Waals surface area (Å²) in [6.07, 6.45) is 3.45. The summed E-state index contributed by atoms with van der Waals surface area (Å²) in [7, 11) is 0. The largest absolute Gasteiger partial charge is 0.334 e. The third kappa shape index (κ3) is 6.44. The van der Waals surface area contributed by atoms with Gasteiger partial charge in [0.15, 0.2) is 0 Å². The van der Waals surface area contributed by atoms with Gasteiger partial charge in [0.05, 0.1) is 17.9 Å². The minimum Gasteiger partial charge on any atom is -0.334 e. The third-order valence-corrected chi connectivity index (χ3v) is 5.09. The Labute approximate surface area is 180 Å². The highest BCUT2D eigenvalue weighted by Gasteiger charge is 2.22. The molecule has 30 heavy (non-hydrogen) atoms. The zero-order valence-corrected chi connectivity index (χ0v) is 19.3. The molecule has 0 atom stereocenters. The van der Waals surface area contributed by atoms with Gasteiger partial charge in [-0.05, 0) is 32.4 Å². The van der Waals surface area contributed by atoms with Crippen LogP contribution in [0.5, 0.6) is 0 Å². The number of likely N-dealkylation sites (N-methyl/N-ethyl adjacent to an activating group) is 1. The lowest BCUT2D eigenvalue weighted by atomic mass is 9.92. The van der Waals surface area contributed by atoms with Crippen LogP contribution in [0.25, 0.3) is 5.69 Å². The fourth-order valence-corrected chi connectivity index (χ4v) is 3.14. The predicted octanol–water partition coefficient (Wildman–Crippen LogP) is 4.85. The summed E-state index contributed by atoms with van der Waals surface area (Å²) < 4.78 is 1.76. The van der Waals surface area contributed by atoms with E-state index in [0.717, 1.165) is 36.2 Å². The Hall–Kier alpha value is -2.63. The van der Waals surface area contributed by atoms with Gasteiger partial charge in [-0.25, -0.2) is 4.68 Å². The number of nitrogens with one attached hydrogen (secondary N) is 1. The first-order valence-corrected chi connectivity index (χ1v) is 10.9. The maximum absolute atomic E-state index is 12.8. The lowest BCUT2D eigenvalue weighted by Crippen LogP contribution is -2.38. The van der Waals surface area contributed by atoms with E-state index in [0.29, 0.717) is 18.8 Å². The normalized spacial score (nSPS) is 11.4. The molecular formula is C24H36N4O2. The number of benzene rings is 1. The fourth-order valence-electron chi connectivity index (χ4n) is 3.14. The number of carbonyl (C=O) groups is 2. The van der Waals surface area contributed by atoms with Crippen LogP contribution in [0.1, 0.15) is 71.6 Å². The Kier molecular flexibility index (Phi) is 8.21. The molecule has 1 aromatic heterocycles. The molecule has 0 unspecified atom stereocenters. The van der Waals surface area contributed by atoms with Crippen molar-refractivity contribution in [2.24, 2.45) is 0 Å². The minimum absolute atomic E-state index is 0.0310. The van der Waals surface area contributed by atoms with E-state index in [1.165, 1.54) is 0 Å². The van der Waals surface area contributed by atoms with E-state index in [-0.39, 0.29) is 23.8 Å². The van der Waals surface area contributed by atoms with Crippen LogP contribution in [0.2, 0.25) is 0 Å². The molecule has 0 fully saturated rings. The topological polar surface area (TPSA) is 67.2 Å². The Morgan fingerprint density at radius 1 is 1.10 bits per heavy atom. The number of aromatic nitrogens is 2. The number of nitrogens with zero attached hydrogens (tertiary/aromatic N) is 3. The summed E-state index contributed by atoms with van der Waals surface area (Å²) in [5.41, 5.74) is 2.78. The quantitative estimate of drug-likeness (QED) is 0.599. The third-order valence-electron chi connectivity index (χ3n) is 5.09. The molecule has 1 aromatic carbocycles.